The maximum absolute atomic E-state index is 12.7. The Kier molecular flexibility index (Phi) is 3.26. The summed E-state index contributed by atoms with van der Waals surface area (Å²) in [4.78, 5) is 4.21. The number of nitrogens with one attached hydrogen (secondary N) is 1. The van der Waals surface area contributed by atoms with Crippen molar-refractivity contribution in [1.29, 1.82) is 0 Å². The van der Waals surface area contributed by atoms with Crippen molar-refractivity contribution < 1.29 is 4.39 Å². The van der Waals surface area contributed by atoms with Crippen LogP contribution in [0.2, 0.25) is 0 Å². The summed E-state index contributed by atoms with van der Waals surface area (Å²) in [6, 6.07) is 3.77. The Balaban J connectivity index is 2.13. The molecule has 2 aromatic rings. The SMILES string of the molecule is CCNCc1ccc(-n2cc(F)cn2)nc1. The number of hydrogen-bond acceptors (Lipinski definition) is 3. The minimum atomic E-state index is -0.362. The molecule has 0 fully saturated rings. The molecule has 5 heteroatoms. The van der Waals surface area contributed by atoms with Gasteiger partial charge in [-0.2, -0.15) is 5.10 Å². The van der Waals surface area contributed by atoms with Gasteiger partial charge in [0.1, 0.15) is 0 Å². The first-order valence-corrected chi connectivity index (χ1v) is 5.16. The highest BCUT2D eigenvalue weighted by atomic mass is 19.1. The molecule has 2 heterocycles. The van der Waals surface area contributed by atoms with Crippen molar-refractivity contribution in [2.75, 3.05) is 6.54 Å². The minimum absolute atomic E-state index is 0.362. The van der Waals surface area contributed by atoms with Gasteiger partial charge in [0.25, 0.3) is 0 Å². The summed E-state index contributed by atoms with van der Waals surface area (Å²) in [5.74, 6) is 0.252. The molecule has 0 unspecified atom stereocenters. The summed E-state index contributed by atoms with van der Waals surface area (Å²) in [6.45, 7) is 3.76. The zero-order valence-electron chi connectivity index (χ0n) is 9.02. The molecular formula is C11H13FN4. The van der Waals surface area contributed by atoms with Gasteiger partial charge < -0.3 is 5.32 Å². The molecule has 0 atom stereocenters. The van der Waals surface area contributed by atoms with Crippen molar-refractivity contribution in [3.05, 3.63) is 42.1 Å². The Morgan fingerprint density at radius 1 is 1.38 bits per heavy atom. The molecule has 1 N–H and O–H groups in total. The summed E-state index contributed by atoms with van der Waals surface area (Å²) in [7, 11) is 0. The van der Waals surface area contributed by atoms with Gasteiger partial charge in [0.15, 0.2) is 11.6 Å². The molecule has 0 spiro atoms. The van der Waals surface area contributed by atoms with Gasteiger partial charge in [0.05, 0.1) is 12.4 Å². The molecule has 0 aliphatic heterocycles. The molecule has 84 valence electrons. The number of nitrogens with zero attached hydrogens (tertiary/aromatic N) is 3. The van der Waals surface area contributed by atoms with Gasteiger partial charge in [0.2, 0.25) is 0 Å². The molecule has 16 heavy (non-hydrogen) atoms. The van der Waals surface area contributed by atoms with Crippen LogP contribution in [0.5, 0.6) is 0 Å². The standard InChI is InChI=1S/C11H13FN4/c1-2-13-5-9-3-4-11(14-6-9)16-8-10(12)7-15-16/h3-4,6-8,13H,2,5H2,1H3. The van der Waals surface area contributed by atoms with Crippen LogP contribution in [0, 0.1) is 5.82 Å². The number of halogens is 1. The zero-order valence-corrected chi connectivity index (χ0v) is 9.02. The Labute approximate surface area is 93.1 Å². The fourth-order valence-electron chi connectivity index (χ4n) is 1.35. The summed E-state index contributed by atoms with van der Waals surface area (Å²) < 4.78 is 14.1. The Morgan fingerprint density at radius 2 is 2.25 bits per heavy atom. The molecule has 0 radical (unpaired) electrons. The highest BCUT2D eigenvalue weighted by molar-refractivity contribution is 5.24. The lowest BCUT2D eigenvalue weighted by molar-refractivity contribution is 0.627. The van der Waals surface area contributed by atoms with Crippen molar-refractivity contribution in [2.45, 2.75) is 13.5 Å². The minimum Gasteiger partial charge on any atom is -0.313 e. The van der Waals surface area contributed by atoms with Gasteiger partial charge in [-0.3, -0.25) is 0 Å². The predicted molar refractivity (Wildman–Crippen MR) is 58.7 cm³/mol. The average Bonchev–Trinajstić information content (AvgIpc) is 2.74. The molecule has 0 amide bonds. The van der Waals surface area contributed by atoms with Crippen LogP contribution in [0.4, 0.5) is 4.39 Å². The van der Waals surface area contributed by atoms with Gasteiger partial charge in [-0.25, -0.2) is 14.1 Å². The van der Waals surface area contributed by atoms with Crippen LogP contribution >= 0.6 is 0 Å². The van der Waals surface area contributed by atoms with Crippen LogP contribution < -0.4 is 5.32 Å². The van der Waals surface area contributed by atoms with E-state index >= 15 is 0 Å². The van der Waals surface area contributed by atoms with E-state index in [0.29, 0.717) is 5.82 Å². The summed E-state index contributed by atoms with van der Waals surface area (Å²) in [5, 5.41) is 7.05. The molecule has 0 aromatic carbocycles. The molecule has 0 saturated carbocycles. The van der Waals surface area contributed by atoms with Crippen molar-refractivity contribution in [2.24, 2.45) is 0 Å². The third-order valence-corrected chi connectivity index (χ3v) is 2.17. The van der Waals surface area contributed by atoms with Crippen LogP contribution in [0.15, 0.2) is 30.7 Å². The topological polar surface area (TPSA) is 42.7 Å². The molecule has 0 bridgehead atoms. The van der Waals surface area contributed by atoms with E-state index in [4.69, 9.17) is 0 Å². The van der Waals surface area contributed by atoms with Gasteiger partial charge in [-0.1, -0.05) is 13.0 Å². The van der Waals surface area contributed by atoms with Gasteiger partial charge in [-0.05, 0) is 18.2 Å². The molecule has 0 aliphatic carbocycles. The Morgan fingerprint density at radius 3 is 2.81 bits per heavy atom. The van der Waals surface area contributed by atoms with Crippen LogP contribution in [0.1, 0.15) is 12.5 Å². The quantitative estimate of drug-likeness (QED) is 0.849. The second kappa shape index (κ2) is 4.85. The fraction of sp³-hybridized carbons (Fsp3) is 0.273. The van der Waals surface area contributed by atoms with Crippen molar-refractivity contribution in [1.82, 2.24) is 20.1 Å². The number of hydrogen-bond donors (Lipinski definition) is 1. The maximum atomic E-state index is 12.7. The first kappa shape index (κ1) is 10.8. The van der Waals surface area contributed by atoms with Crippen molar-refractivity contribution in [3.8, 4) is 5.82 Å². The van der Waals surface area contributed by atoms with Gasteiger partial charge in [0, 0.05) is 12.7 Å². The van der Waals surface area contributed by atoms with E-state index in [1.807, 2.05) is 19.1 Å². The average molecular weight is 220 g/mol. The summed E-state index contributed by atoms with van der Waals surface area (Å²) in [5.41, 5.74) is 1.10. The van der Waals surface area contributed by atoms with Gasteiger partial charge >= 0.3 is 0 Å². The highest BCUT2D eigenvalue weighted by Crippen LogP contribution is 2.05. The van der Waals surface area contributed by atoms with E-state index in [0.717, 1.165) is 24.8 Å². The molecule has 0 saturated heterocycles. The van der Waals surface area contributed by atoms with E-state index in [-0.39, 0.29) is 5.82 Å². The molecular weight excluding hydrogens is 207 g/mol. The second-order valence-electron chi connectivity index (χ2n) is 3.41. The first-order chi connectivity index (χ1) is 7.79. The monoisotopic (exact) mass is 220 g/mol. The van der Waals surface area contributed by atoms with E-state index < -0.39 is 0 Å². The van der Waals surface area contributed by atoms with Crippen LogP contribution in [0.25, 0.3) is 5.82 Å². The summed E-state index contributed by atoms with van der Waals surface area (Å²) in [6.07, 6.45) is 4.22. The van der Waals surface area contributed by atoms with Crippen LogP contribution in [-0.4, -0.2) is 21.3 Å². The number of aromatic nitrogens is 3. The fourth-order valence-corrected chi connectivity index (χ4v) is 1.35. The van der Waals surface area contributed by atoms with E-state index in [9.17, 15) is 4.39 Å². The van der Waals surface area contributed by atoms with E-state index in [1.54, 1.807) is 6.20 Å². The molecule has 0 aliphatic rings. The lowest BCUT2D eigenvalue weighted by atomic mass is 10.3. The normalized spacial score (nSPS) is 10.6. The van der Waals surface area contributed by atoms with E-state index in [2.05, 4.69) is 15.4 Å². The third kappa shape index (κ3) is 2.43. The second-order valence-corrected chi connectivity index (χ2v) is 3.41. The van der Waals surface area contributed by atoms with Crippen LogP contribution in [-0.2, 0) is 6.54 Å². The largest absolute Gasteiger partial charge is 0.313 e. The Hall–Kier alpha value is -1.75. The number of rotatable bonds is 4. The first-order valence-electron chi connectivity index (χ1n) is 5.16. The number of pyridine rings is 1. The molecule has 4 nitrogen and oxygen atoms in total. The van der Waals surface area contributed by atoms with E-state index in [1.165, 1.54) is 10.9 Å². The van der Waals surface area contributed by atoms with Crippen LogP contribution in [0.3, 0.4) is 0 Å². The van der Waals surface area contributed by atoms with Crippen molar-refractivity contribution >= 4 is 0 Å². The molecule has 2 aromatic heterocycles. The maximum Gasteiger partial charge on any atom is 0.161 e. The van der Waals surface area contributed by atoms with Gasteiger partial charge in [-0.15, -0.1) is 0 Å². The predicted octanol–water partition coefficient (Wildman–Crippen LogP) is 1.52. The van der Waals surface area contributed by atoms with Crippen molar-refractivity contribution in [3.63, 3.8) is 0 Å². The highest BCUT2D eigenvalue weighted by Gasteiger charge is 2.01. The summed E-state index contributed by atoms with van der Waals surface area (Å²) >= 11 is 0. The zero-order chi connectivity index (χ0) is 11.4. The lowest BCUT2D eigenvalue weighted by Crippen LogP contribution is -2.12. The Bertz CT molecular complexity index is 449. The lowest BCUT2D eigenvalue weighted by Gasteiger charge is -2.03. The smallest absolute Gasteiger partial charge is 0.161 e. The third-order valence-electron chi connectivity index (χ3n) is 2.17. The molecule has 2 rings (SSSR count).